The Morgan fingerprint density at radius 1 is 0.857 bits per heavy atom. The van der Waals surface area contributed by atoms with Gasteiger partial charge in [-0.25, -0.2) is 8.42 Å². The Kier molecular flexibility index (Phi) is 12.8. The van der Waals surface area contributed by atoms with Crippen LogP contribution in [0.4, 0.5) is 18.9 Å². The fourth-order valence-electron chi connectivity index (χ4n) is 5.10. The molecule has 49 heavy (non-hydrogen) atoms. The van der Waals surface area contributed by atoms with Gasteiger partial charge in [0.1, 0.15) is 12.6 Å². The summed E-state index contributed by atoms with van der Waals surface area (Å²) in [6, 6.07) is 22.0. The second-order valence-corrected chi connectivity index (χ2v) is 14.2. The van der Waals surface area contributed by atoms with Crippen LogP contribution in [0.1, 0.15) is 42.0 Å². The molecule has 0 bridgehead atoms. The van der Waals surface area contributed by atoms with Gasteiger partial charge in [0.15, 0.2) is 0 Å². The number of nitrogens with zero attached hydrogens (tertiary/aromatic N) is 2. The van der Waals surface area contributed by atoms with Gasteiger partial charge in [0, 0.05) is 19.5 Å². The second-order valence-electron chi connectivity index (χ2n) is 11.5. The Morgan fingerprint density at radius 2 is 1.55 bits per heavy atom. The molecule has 2 amide bonds. The summed E-state index contributed by atoms with van der Waals surface area (Å²) in [5, 5.41) is 3.34. The predicted octanol–water partition coefficient (Wildman–Crippen LogP) is 8.07. The molecule has 7 nitrogen and oxygen atoms in total. The lowest BCUT2D eigenvalue weighted by Gasteiger charge is -2.34. The number of rotatable bonds is 14. The van der Waals surface area contributed by atoms with E-state index in [2.05, 4.69) is 5.32 Å². The molecule has 4 aromatic rings. The third-order valence-electron chi connectivity index (χ3n) is 7.79. The normalized spacial score (nSPS) is 12.3. The van der Waals surface area contributed by atoms with Crippen molar-refractivity contribution in [2.75, 3.05) is 17.4 Å². The molecule has 4 aromatic carbocycles. The molecular weight excluding hydrogens is 698 g/mol. The van der Waals surface area contributed by atoms with Crippen molar-refractivity contribution in [3.8, 4) is 0 Å². The maximum Gasteiger partial charge on any atom is 0.416 e. The Labute approximate surface area is 294 Å². The van der Waals surface area contributed by atoms with Crippen molar-refractivity contribution >= 4 is 50.7 Å². The molecule has 4 rings (SSSR count). The number of carbonyl (C=O) groups is 2. The highest BCUT2D eigenvalue weighted by Crippen LogP contribution is 2.34. The minimum absolute atomic E-state index is 0.0696. The van der Waals surface area contributed by atoms with Crippen molar-refractivity contribution in [3.05, 3.63) is 129 Å². The van der Waals surface area contributed by atoms with Gasteiger partial charge in [-0.2, -0.15) is 13.2 Å². The van der Waals surface area contributed by atoms with Crippen molar-refractivity contribution in [2.24, 2.45) is 0 Å². The first kappa shape index (κ1) is 37.8. The van der Waals surface area contributed by atoms with Gasteiger partial charge in [0.05, 0.1) is 26.2 Å². The molecule has 0 unspecified atom stereocenters. The summed E-state index contributed by atoms with van der Waals surface area (Å²) in [7, 11) is -4.59. The molecule has 0 heterocycles. The van der Waals surface area contributed by atoms with E-state index in [0.717, 1.165) is 29.7 Å². The maximum absolute atomic E-state index is 14.5. The van der Waals surface area contributed by atoms with Crippen LogP contribution in [0.25, 0.3) is 0 Å². The monoisotopic (exact) mass is 733 g/mol. The van der Waals surface area contributed by atoms with Crippen molar-refractivity contribution < 1.29 is 31.2 Å². The van der Waals surface area contributed by atoms with E-state index in [1.54, 1.807) is 55.5 Å². The number of carbonyl (C=O) groups excluding carboxylic acids is 2. The lowest BCUT2D eigenvalue weighted by atomic mass is 10.0. The summed E-state index contributed by atoms with van der Waals surface area (Å²) in [5.41, 5.74) is 0.518. The zero-order valence-electron chi connectivity index (χ0n) is 26.9. The largest absolute Gasteiger partial charge is 0.416 e. The van der Waals surface area contributed by atoms with Crippen LogP contribution in [-0.2, 0) is 38.8 Å². The molecule has 13 heteroatoms. The Hall–Kier alpha value is -4.06. The van der Waals surface area contributed by atoms with Crippen LogP contribution in [0.3, 0.4) is 0 Å². The molecule has 0 radical (unpaired) electrons. The first-order valence-electron chi connectivity index (χ1n) is 15.5. The molecule has 0 fully saturated rings. The number of benzene rings is 4. The lowest BCUT2D eigenvalue weighted by Crippen LogP contribution is -2.53. The van der Waals surface area contributed by atoms with Crippen LogP contribution in [0, 0.1) is 6.92 Å². The number of amides is 2. The molecule has 0 aliphatic carbocycles. The molecule has 0 aliphatic heterocycles. The number of unbranched alkanes of at least 4 members (excludes halogenated alkanes) is 1. The number of halogens is 5. The maximum atomic E-state index is 14.5. The lowest BCUT2D eigenvalue weighted by molar-refractivity contribution is -0.140. The fourth-order valence-corrected chi connectivity index (χ4v) is 6.83. The summed E-state index contributed by atoms with van der Waals surface area (Å²) in [6.45, 7) is 2.96. The Balaban J connectivity index is 1.85. The molecule has 260 valence electrons. The predicted molar refractivity (Wildman–Crippen MR) is 186 cm³/mol. The minimum atomic E-state index is -4.78. The van der Waals surface area contributed by atoms with Gasteiger partial charge in [-0.3, -0.25) is 13.9 Å². The van der Waals surface area contributed by atoms with E-state index in [4.69, 9.17) is 23.2 Å². The molecule has 0 saturated heterocycles. The van der Waals surface area contributed by atoms with Gasteiger partial charge in [-0.05, 0) is 66.9 Å². The highest BCUT2D eigenvalue weighted by Gasteiger charge is 2.36. The zero-order chi connectivity index (χ0) is 35.8. The van der Waals surface area contributed by atoms with Gasteiger partial charge < -0.3 is 10.2 Å². The van der Waals surface area contributed by atoms with Crippen molar-refractivity contribution in [3.63, 3.8) is 0 Å². The Morgan fingerprint density at radius 3 is 2.18 bits per heavy atom. The molecule has 0 spiro atoms. The van der Waals surface area contributed by atoms with E-state index in [-0.39, 0.29) is 33.6 Å². The minimum Gasteiger partial charge on any atom is -0.354 e. The molecule has 0 saturated carbocycles. The van der Waals surface area contributed by atoms with Gasteiger partial charge in [0.2, 0.25) is 11.8 Å². The summed E-state index contributed by atoms with van der Waals surface area (Å²) in [4.78, 5) is 29.4. The zero-order valence-corrected chi connectivity index (χ0v) is 29.2. The van der Waals surface area contributed by atoms with Gasteiger partial charge in [0.25, 0.3) is 10.0 Å². The van der Waals surface area contributed by atoms with E-state index in [1.807, 2.05) is 6.92 Å². The molecule has 0 aromatic heterocycles. The standard InChI is InChI=1S/C36H36Cl2F3N3O4S/c1-3-4-19-42-35(46)33(21-26-9-6-5-7-10-26)43(23-27-15-18-31(37)32(38)20-27)34(45)24-44(29-12-8-11-28(22-29)36(39,40)41)49(47,48)30-16-13-25(2)14-17-30/h5-18,20,22,33H,3-4,19,21,23-24H2,1-2H3,(H,42,46)/t33-/m0/s1. The van der Waals surface area contributed by atoms with Crippen LogP contribution in [-0.4, -0.2) is 44.3 Å². The summed E-state index contributed by atoms with van der Waals surface area (Å²) in [5.74, 6) is -1.30. The average Bonchev–Trinajstić information content (AvgIpc) is 3.07. The summed E-state index contributed by atoms with van der Waals surface area (Å²) in [6.07, 6.45) is -3.22. The van der Waals surface area contributed by atoms with E-state index >= 15 is 0 Å². The van der Waals surface area contributed by atoms with Crippen LogP contribution in [0.5, 0.6) is 0 Å². The first-order chi connectivity index (χ1) is 23.2. The quantitative estimate of drug-likeness (QED) is 0.133. The van der Waals surface area contributed by atoms with E-state index in [1.165, 1.54) is 35.2 Å². The van der Waals surface area contributed by atoms with Gasteiger partial charge in [-0.1, -0.05) is 96.7 Å². The number of nitrogens with one attached hydrogen (secondary N) is 1. The number of aryl methyl sites for hydroxylation is 1. The van der Waals surface area contributed by atoms with E-state index < -0.39 is 46.2 Å². The van der Waals surface area contributed by atoms with Crippen LogP contribution >= 0.6 is 23.2 Å². The second kappa shape index (κ2) is 16.6. The van der Waals surface area contributed by atoms with Crippen LogP contribution in [0.2, 0.25) is 10.0 Å². The summed E-state index contributed by atoms with van der Waals surface area (Å²) >= 11 is 12.4. The highest BCUT2D eigenvalue weighted by atomic mass is 35.5. The van der Waals surface area contributed by atoms with E-state index in [0.29, 0.717) is 28.9 Å². The smallest absolute Gasteiger partial charge is 0.354 e. The number of hydrogen-bond donors (Lipinski definition) is 1. The topological polar surface area (TPSA) is 86.8 Å². The van der Waals surface area contributed by atoms with Crippen LogP contribution < -0.4 is 9.62 Å². The summed E-state index contributed by atoms with van der Waals surface area (Å²) < 4.78 is 70.3. The molecule has 1 N–H and O–H groups in total. The fraction of sp³-hybridized carbons (Fsp3) is 0.278. The molecular formula is C36H36Cl2F3N3O4S. The van der Waals surface area contributed by atoms with Gasteiger partial charge >= 0.3 is 6.18 Å². The highest BCUT2D eigenvalue weighted by molar-refractivity contribution is 7.92. The number of alkyl halides is 3. The Bertz CT molecular complexity index is 1860. The van der Waals surface area contributed by atoms with Gasteiger partial charge in [-0.15, -0.1) is 0 Å². The number of anilines is 1. The average molecular weight is 735 g/mol. The number of hydrogen-bond acceptors (Lipinski definition) is 4. The third-order valence-corrected chi connectivity index (χ3v) is 10.3. The van der Waals surface area contributed by atoms with Crippen molar-refractivity contribution in [2.45, 2.75) is 56.8 Å². The van der Waals surface area contributed by atoms with E-state index in [9.17, 15) is 31.2 Å². The molecule has 1 atom stereocenters. The first-order valence-corrected chi connectivity index (χ1v) is 17.7. The SMILES string of the molecule is CCCCNC(=O)[C@H](Cc1ccccc1)N(Cc1ccc(Cl)c(Cl)c1)C(=O)CN(c1cccc(C(F)(F)F)c1)S(=O)(=O)c1ccc(C)cc1. The van der Waals surface area contributed by atoms with Crippen molar-refractivity contribution in [1.29, 1.82) is 0 Å². The van der Waals surface area contributed by atoms with Crippen molar-refractivity contribution in [1.82, 2.24) is 10.2 Å². The number of sulfonamides is 1. The third kappa shape index (κ3) is 9.99. The van der Waals surface area contributed by atoms with Crippen LogP contribution in [0.15, 0.2) is 102 Å². The molecule has 0 aliphatic rings.